The number of aromatic nitrogens is 3. The average Bonchev–Trinajstić information content (AvgIpc) is 2.96. The lowest BCUT2D eigenvalue weighted by Gasteiger charge is -1.93. The topological polar surface area (TPSA) is 55.9 Å². The van der Waals surface area contributed by atoms with Crippen LogP contribution in [0, 0.1) is 0 Å². The maximum atomic E-state index is 5.18. The fourth-order valence-corrected chi connectivity index (χ4v) is 2.11. The first-order chi connectivity index (χ1) is 8.79. The molecule has 0 spiro atoms. The van der Waals surface area contributed by atoms with Gasteiger partial charge in [0.2, 0.25) is 11.7 Å². The zero-order valence-corrected chi connectivity index (χ0v) is 10.3. The first kappa shape index (κ1) is 11.0. The van der Waals surface area contributed by atoms with Crippen molar-refractivity contribution < 1.29 is 4.52 Å². The van der Waals surface area contributed by atoms with Gasteiger partial charge in [-0.05, 0) is 13.1 Å². The summed E-state index contributed by atoms with van der Waals surface area (Å²) in [5, 5.41) is 8.15. The lowest BCUT2D eigenvalue weighted by Crippen LogP contribution is -2.04. The molecular formula is C13H14N4O. The summed E-state index contributed by atoms with van der Waals surface area (Å²) in [6, 6.07) is 8.18. The molecule has 3 rings (SSSR count). The van der Waals surface area contributed by atoms with Gasteiger partial charge in [0.05, 0.1) is 6.54 Å². The van der Waals surface area contributed by atoms with Crippen LogP contribution in [0.25, 0.3) is 22.3 Å². The highest BCUT2D eigenvalue weighted by atomic mass is 16.5. The van der Waals surface area contributed by atoms with E-state index in [-0.39, 0.29) is 0 Å². The quantitative estimate of drug-likeness (QED) is 0.762. The van der Waals surface area contributed by atoms with E-state index in [1.807, 2.05) is 32.4 Å². The molecule has 92 valence electrons. The molecule has 0 unspecified atom stereocenters. The van der Waals surface area contributed by atoms with Gasteiger partial charge in [0.1, 0.15) is 0 Å². The number of aryl methyl sites for hydroxylation is 1. The van der Waals surface area contributed by atoms with Gasteiger partial charge < -0.3 is 14.4 Å². The van der Waals surface area contributed by atoms with Crippen LogP contribution in [0.4, 0.5) is 0 Å². The van der Waals surface area contributed by atoms with E-state index in [2.05, 4.69) is 32.2 Å². The summed E-state index contributed by atoms with van der Waals surface area (Å²) in [7, 11) is 3.86. The number of nitrogens with zero attached hydrogens (tertiary/aromatic N) is 3. The Morgan fingerprint density at radius 3 is 3.00 bits per heavy atom. The van der Waals surface area contributed by atoms with E-state index in [4.69, 9.17) is 4.52 Å². The zero-order chi connectivity index (χ0) is 12.5. The molecule has 5 nitrogen and oxygen atoms in total. The van der Waals surface area contributed by atoms with Crippen LogP contribution in [-0.2, 0) is 13.6 Å². The third-order valence-electron chi connectivity index (χ3n) is 2.93. The summed E-state index contributed by atoms with van der Waals surface area (Å²) < 4.78 is 7.25. The van der Waals surface area contributed by atoms with Gasteiger partial charge in [-0.1, -0.05) is 23.4 Å². The Kier molecular flexibility index (Phi) is 2.60. The molecule has 1 aromatic carbocycles. The van der Waals surface area contributed by atoms with Crippen molar-refractivity contribution in [1.82, 2.24) is 20.0 Å². The molecule has 1 N–H and O–H groups in total. The van der Waals surface area contributed by atoms with Crippen molar-refractivity contribution in [3.8, 4) is 11.4 Å². The number of hydrogen-bond acceptors (Lipinski definition) is 4. The van der Waals surface area contributed by atoms with Gasteiger partial charge in [0, 0.05) is 29.7 Å². The van der Waals surface area contributed by atoms with Crippen LogP contribution in [0.15, 0.2) is 35.0 Å². The Balaban J connectivity index is 2.13. The van der Waals surface area contributed by atoms with E-state index in [0.717, 1.165) is 16.5 Å². The predicted octanol–water partition coefficient (Wildman–Crippen LogP) is 1.95. The molecule has 0 aliphatic heterocycles. The molecule has 0 fully saturated rings. The molecule has 3 aromatic rings. The fourth-order valence-electron chi connectivity index (χ4n) is 2.11. The Labute approximate surface area is 104 Å². The summed E-state index contributed by atoms with van der Waals surface area (Å²) in [5.74, 6) is 1.23. The predicted molar refractivity (Wildman–Crippen MR) is 69.0 cm³/mol. The monoisotopic (exact) mass is 242 g/mol. The molecule has 2 heterocycles. The minimum Gasteiger partial charge on any atom is -0.350 e. The number of rotatable bonds is 3. The molecule has 0 aliphatic rings. The Morgan fingerprint density at radius 2 is 2.17 bits per heavy atom. The van der Waals surface area contributed by atoms with Crippen molar-refractivity contribution in [2.45, 2.75) is 6.54 Å². The number of para-hydroxylation sites is 1. The summed E-state index contributed by atoms with van der Waals surface area (Å²) in [4.78, 5) is 4.38. The number of hydrogen-bond donors (Lipinski definition) is 1. The molecule has 0 radical (unpaired) electrons. The highest BCUT2D eigenvalue weighted by molar-refractivity contribution is 5.94. The molecule has 18 heavy (non-hydrogen) atoms. The highest BCUT2D eigenvalue weighted by Crippen LogP contribution is 2.27. The first-order valence-corrected chi connectivity index (χ1v) is 5.81. The number of nitrogens with one attached hydrogen (secondary N) is 1. The van der Waals surface area contributed by atoms with Crippen molar-refractivity contribution in [3.63, 3.8) is 0 Å². The van der Waals surface area contributed by atoms with Crippen LogP contribution in [-0.4, -0.2) is 21.8 Å². The van der Waals surface area contributed by atoms with Crippen LogP contribution < -0.4 is 5.32 Å². The average molecular weight is 242 g/mol. The van der Waals surface area contributed by atoms with Crippen LogP contribution in [0.2, 0.25) is 0 Å². The normalized spacial score (nSPS) is 11.2. The summed E-state index contributed by atoms with van der Waals surface area (Å²) in [6.07, 6.45) is 2.03. The van der Waals surface area contributed by atoms with Gasteiger partial charge in [-0.25, -0.2) is 0 Å². The molecule has 0 atom stereocenters. The summed E-state index contributed by atoms with van der Waals surface area (Å²) in [5.41, 5.74) is 2.16. The van der Waals surface area contributed by atoms with Crippen LogP contribution >= 0.6 is 0 Å². The van der Waals surface area contributed by atoms with Gasteiger partial charge in [-0.2, -0.15) is 4.98 Å². The molecule has 5 heteroatoms. The first-order valence-electron chi connectivity index (χ1n) is 5.81. The van der Waals surface area contributed by atoms with Gasteiger partial charge >= 0.3 is 0 Å². The van der Waals surface area contributed by atoms with E-state index in [1.54, 1.807) is 0 Å². The zero-order valence-electron chi connectivity index (χ0n) is 10.3. The van der Waals surface area contributed by atoms with Gasteiger partial charge in [-0.3, -0.25) is 0 Å². The van der Waals surface area contributed by atoms with E-state index >= 15 is 0 Å². The van der Waals surface area contributed by atoms with E-state index in [1.165, 1.54) is 0 Å². The molecule has 0 bridgehead atoms. The van der Waals surface area contributed by atoms with Crippen molar-refractivity contribution in [1.29, 1.82) is 0 Å². The standard InChI is InChI=1S/C13H14N4O/c1-14-7-12-15-13(16-18-12)10-8-17(2)11-6-4-3-5-9(10)11/h3-6,8,14H,7H2,1-2H3. The molecule has 0 amide bonds. The van der Waals surface area contributed by atoms with Crippen LogP contribution in [0.3, 0.4) is 0 Å². The maximum absolute atomic E-state index is 5.18. The molecule has 0 saturated carbocycles. The fraction of sp³-hybridized carbons (Fsp3) is 0.231. The Bertz CT molecular complexity index is 683. The van der Waals surface area contributed by atoms with E-state index < -0.39 is 0 Å². The number of fused-ring (bicyclic) bond motifs is 1. The van der Waals surface area contributed by atoms with Crippen molar-refractivity contribution in [2.24, 2.45) is 7.05 Å². The SMILES string of the molecule is CNCc1nc(-c2cn(C)c3ccccc23)no1. The maximum Gasteiger partial charge on any atom is 0.240 e. The summed E-state index contributed by atoms with van der Waals surface area (Å²) >= 11 is 0. The molecule has 0 aliphatic carbocycles. The number of benzene rings is 1. The van der Waals surface area contributed by atoms with Crippen LogP contribution in [0.5, 0.6) is 0 Å². The van der Waals surface area contributed by atoms with E-state index in [0.29, 0.717) is 18.3 Å². The molecular weight excluding hydrogens is 228 g/mol. The largest absolute Gasteiger partial charge is 0.350 e. The van der Waals surface area contributed by atoms with Crippen LogP contribution in [0.1, 0.15) is 5.89 Å². The molecule has 2 aromatic heterocycles. The Morgan fingerprint density at radius 1 is 1.33 bits per heavy atom. The Hall–Kier alpha value is -2.14. The van der Waals surface area contributed by atoms with Crippen molar-refractivity contribution in [3.05, 3.63) is 36.4 Å². The summed E-state index contributed by atoms with van der Waals surface area (Å²) in [6.45, 7) is 0.581. The van der Waals surface area contributed by atoms with Crippen molar-refractivity contribution in [2.75, 3.05) is 7.05 Å². The van der Waals surface area contributed by atoms with Crippen molar-refractivity contribution >= 4 is 10.9 Å². The van der Waals surface area contributed by atoms with Gasteiger partial charge in [0.15, 0.2) is 0 Å². The second-order valence-corrected chi connectivity index (χ2v) is 4.21. The second kappa shape index (κ2) is 4.27. The third kappa shape index (κ3) is 1.69. The van der Waals surface area contributed by atoms with Gasteiger partial charge in [-0.15, -0.1) is 0 Å². The smallest absolute Gasteiger partial charge is 0.240 e. The van der Waals surface area contributed by atoms with Gasteiger partial charge in [0.25, 0.3) is 0 Å². The third-order valence-corrected chi connectivity index (χ3v) is 2.93. The second-order valence-electron chi connectivity index (χ2n) is 4.21. The highest BCUT2D eigenvalue weighted by Gasteiger charge is 2.13. The molecule has 0 saturated heterocycles. The lowest BCUT2D eigenvalue weighted by atomic mass is 10.2. The van der Waals surface area contributed by atoms with E-state index in [9.17, 15) is 0 Å². The minimum absolute atomic E-state index is 0.581. The minimum atomic E-state index is 0.581. The lowest BCUT2D eigenvalue weighted by molar-refractivity contribution is 0.372.